The molecule has 0 spiro atoms. The molecule has 4 aromatic rings. The Morgan fingerprint density at radius 2 is 1.76 bits per heavy atom. The standard InChI is InChI=1S/C26H22BrN5O/c27-20-11-6-12-21(16-20)31-29-18-22-17-24(23-13-4-5-14-25(23)30-22)26(33)32-28-15-7-10-19-8-2-1-3-9-19/h1-6,8-9,11-18,31H,7,10H2,(H,32,33)/b28-15+,29-18+. The van der Waals surface area contributed by atoms with E-state index in [1.807, 2.05) is 66.7 Å². The quantitative estimate of drug-likeness (QED) is 0.237. The van der Waals surface area contributed by atoms with Gasteiger partial charge in [-0.25, -0.2) is 10.4 Å². The third kappa shape index (κ3) is 6.33. The fourth-order valence-corrected chi connectivity index (χ4v) is 3.69. The summed E-state index contributed by atoms with van der Waals surface area (Å²) < 4.78 is 0.954. The maximum atomic E-state index is 12.9. The van der Waals surface area contributed by atoms with Crippen LogP contribution >= 0.6 is 15.9 Å². The molecule has 2 N–H and O–H groups in total. The van der Waals surface area contributed by atoms with Gasteiger partial charge in [-0.05, 0) is 48.7 Å². The van der Waals surface area contributed by atoms with E-state index in [1.165, 1.54) is 5.56 Å². The van der Waals surface area contributed by atoms with Crippen molar-refractivity contribution < 1.29 is 4.79 Å². The average Bonchev–Trinajstić information content (AvgIpc) is 2.84. The number of para-hydroxylation sites is 1. The van der Waals surface area contributed by atoms with Gasteiger partial charge in [-0.2, -0.15) is 10.2 Å². The van der Waals surface area contributed by atoms with E-state index in [-0.39, 0.29) is 5.91 Å². The zero-order valence-corrected chi connectivity index (χ0v) is 19.4. The number of amides is 1. The van der Waals surface area contributed by atoms with Gasteiger partial charge in [-0.3, -0.25) is 10.2 Å². The van der Waals surface area contributed by atoms with Gasteiger partial charge in [0.25, 0.3) is 5.91 Å². The molecular formula is C26H22BrN5O. The topological polar surface area (TPSA) is 78.7 Å². The minimum absolute atomic E-state index is 0.292. The molecule has 33 heavy (non-hydrogen) atoms. The van der Waals surface area contributed by atoms with Crippen molar-refractivity contribution >= 4 is 50.9 Å². The molecule has 7 heteroatoms. The summed E-state index contributed by atoms with van der Waals surface area (Å²) >= 11 is 3.43. The first kappa shape index (κ1) is 22.4. The maximum absolute atomic E-state index is 12.9. The number of nitrogens with zero attached hydrogens (tertiary/aromatic N) is 3. The number of carbonyl (C=O) groups is 1. The molecule has 6 nitrogen and oxygen atoms in total. The van der Waals surface area contributed by atoms with Crippen molar-refractivity contribution in [3.63, 3.8) is 0 Å². The number of pyridine rings is 1. The van der Waals surface area contributed by atoms with Crippen molar-refractivity contribution in [1.29, 1.82) is 0 Å². The number of hydrazone groups is 2. The highest BCUT2D eigenvalue weighted by Gasteiger charge is 2.12. The molecule has 1 aromatic heterocycles. The summed E-state index contributed by atoms with van der Waals surface area (Å²) in [6.45, 7) is 0. The lowest BCUT2D eigenvalue weighted by Gasteiger charge is -2.07. The van der Waals surface area contributed by atoms with E-state index in [0.29, 0.717) is 16.8 Å². The van der Waals surface area contributed by atoms with Gasteiger partial charge in [0.15, 0.2) is 0 Å². The highest BCUT2D eigenvalue weighted by Crippen LogP contribution is 2.18. The maximum Gasteiger partial charge on any atom is 0.272 e. The summed E-state index contributed by atoms with van der Waals surface area (Å²) in [5, 5.41) is 9.13. The van der Waals surface area contributed by atoms with Crippen molar-refractivity contribution in [2.45, 2.75) is 12.8 Å². The summed E-state index contributed by atoms with van der Waals surface area (Å²) in [7, 11) is 0. The lowest BCUT2D eigenvalue weighted by Crippen LogP contribution is -2.18. The first-order valence-corrected chi connectivity index (χ1v) is 11.3. The van der Waals surface area contributed by atoms with E-state index >= 15 is 0 Å². The first-order valence-electron chi connectivity index (χ1n) is 10.5. The third-order valence-corrected chi connectivity index (χ3v) is 5.35. The lowest BCUT2D eigenvalue weighted by molar-refractivity contribution is 0.0956. The minimum atomic E-state index is -0.292. The fraction of sp³-hybridized carbons (Fsp3) is 0.0769. The molecule has 1 heterocycles. The number of hydrogen-bond acceptors (Lipinski definition) is 5. The van der Waals surface area contributed by atoms with E-state index < -0.39 is 0 Å². The second-order valence-electron chi connectivity index (χ2n) is 7.27. The summed E-state index contributed by atoms with van der Waals surface area (Å²) in [6.07, 6.45) is 4.91. The smallest absolute Gasteiger partial charge is 0.272 e. The van der Waals surface area contributed by atoms with E-state index in [0.717, 1.165) is 28.4 Å². The Labute approximate surface area is 200 Å². The average molecular weight is 500 g/mol. The van der Waals surface area contributed by atoms with Gasteiger partial charge in [-0.15, -0.1) is 0 Å². The van der Waals surface area contributed by atoms with Gasteiger partial charge in [0, 0.05) is 16.1 Å². The molecule has 3 aromatic carbocycles. The van der Waals surface area contributed by atoms with Gasteiger partial charge < -0.3 is 0 Å². The summed E-state index contributed by atoms with van der Waals surface area (Å²) in [4.78, 5) is 17.5. The number of nitrogens with one attached hydrogen (secondary N) is 2. The molecule has 0 aliphatic rings. The normalized spacial score (nSPS) is 11.3. The number of hydrogen-bond donors (Lipinski definition) is 2. The van der Waals surface area contributed by atoms with Crippen LogP contribution in [0.1, 0.15) is 28.0 Å². The Morgan fingerprint density at radius 3 is 2.61 bits per heavy atom. The number of halogens is 1. The Balaban J connectivity index is 1.45. The largest absolute Gasteiger partial charge is 0.278 e. The molecule has 0 radical (unpaired) electrons. The van der Waals surface area contributed by atoms with Crippen molar-refractivity contribution in [2.24, 2.45) is 10.2 Å². The minimum Gasteiger partial charge on any atom is -0.278 e. The molecule has 164 valence electrons. The summed E-state index contributed by atoms with van der Waals surface area (Å²) in [6, 6.07) is 27.1. The van der Waals surface area contributed by atoms with Crippen molar-refractivity contribution in [3.05, 3.63) is 106 Å². The van der Waals surface area contributed by atoms with Crippen molar-refractivity contribution in [2.75, 3.05) is 5.43 Å². The fourth-order valence-electron chi connectivity index (χ4n) is 3.29. The van der Waals surface area contributed by atoms with Crippen molar-refractivity contribution in [3.8, 4) is 0 Å². The predicted molar refractivity (Wildman–Crippen MR) is 138 cm³/mol. The van der Waals surface area contributed by atoms with Crippen LogP contribution < -0.4 is 10.9 Å². The van der Waals surface area contributed by atoms with Gasteiger partial charge in [0.05, 0.1) is 28.7 Å². The molecule has 0 aliphatic carbocycles. The second-order valence-corrected chi connectivity index (χ2v) is 8.18. The van der Waals surface area contributed by atoms with Crippen LogP contribution in [0.5, 0.6) is 0 Å². The van der Waals surface area contributed by atoms with Crippen LogP contribution in [-0.2, 0) is 6.42 Å². The molecule has 0 saturated carbocycles. The van der Waals surface area contributed by atoms with Gasteiger partial charge in [0.1, 0.15) is 0 Å². The van der Waals surface area contributed by atoms with E-state index in [2.05, 4.69) is 54.1 Å². The van der Waals surface area contributed by atoms with Crippen LogP contribution in [0, 0.1) is 0 Å². The number of aryl methyl sites for hydroxylation is 1. The Kier molecular flexibility index (Phi) is 7.56. The monoisotopic (exact) mass is 499 g/mol. The van der Waals surface area contributed by atoms with E-state index in [9.17, 15) is 4.79 Å². The molecule has 0 atom stereocenters. The molecule has 0 saturated heterocycles. The van der Waals surface area contributed by atoms with Crippen LogP contribution in [0.3, 0.4) is 0 Å². The van der Waals surface area contributed by atoms with Crippen LogP contribution in [0.2, 0.25) is 0 Å². The zero-order valence-electron chi connectivity index (χ0n) is 17.8. The number of aromatic nitrogens is 1. The number of anilines is 1. The highest BCUT2D eigenvalue weighted by atomic mass is 79.9. The molecule has 0 bridgehead atoms. The number of carbonyl (C=O) groups excluding carboxylic acids is 1. The molecule has 1 amide bonds. The highest BCUT2D eigenvalue weighted by molar-refractivity contribution is 9.10. The lowest BCUT2D eigenvalue weighted by atomic mass is 10.1. The molecule has 0 unspecified atom stereocenters. The predicted octanol–water partition coefficient (Wildman–Crippen LogP) is 5.79. The van der Waals surface area contributed by atoms with E-state index in [1.54, 1.807) is 18.5 Å². The second kappa shape index (κ2) is 11.2. The Hall–Kier alpha value is -3.84. The summed E-state index contributed by atoms with van der Waals surface area (Å²) in [5.74, 6) is -0.292. The van der Waals surface area contributed by atoms with Gasteiger partial charge >= 0.3 is 0 Å². The SMILES string of the molecule is O=C(N/N=C/CCc1ccccc1)c1cc(/C=N/Nc2cccc(Br)c2)nc2ccccc12. The number of benzene rings is 3. The molecular weight excluding hydrogens is 478 g/mol. The van der Waals surface area contributed by atoms with Gasteiger partial charge in [0.2, 0.25) is 0 Å². The first-order chi connectivity index (χ1) is 16.2. The molecule has 4 rings (SSSR count). The van der Waals surface area contributed by atoms with Gasteiger partial charge in [-0.1, -0.05) is 70.5 Å². The number of fused-ring (bicyclic) bond motifs is 1. The zero-order chi connectivity index (χ0) is 22.9. The van der Waals surface area contributed by atoms with Crippen molar-refractivity contribution in [1.82, 2.24) is 10.4 Å². The van der Waals surface area contributed by atoms with E-state index in [4.69, 9.17) is 0 Å². The Morgan fingerprint density at radius 1 is 0.939 bits per heavy atom. The summed E-state index contributed by atoms with van der Waals surface area (Å²) in [5.41, 5.74) is 9.43. The van der Waals surface area contributed by atoms with Crippen LogP contribution in [0.25, 0.3) is 10.9 Å². The van der Waals surface area contributed by atoms with Crippen LogP contribution in [-0.4, -0.2) is 23.3 Å². The molecule has 0 aliphatic heterocycles. The van der Waals surface area contributed by atoms with Crippen LogP contribution in [0.4, 0.5) is 5.69 Å². The Bertz CT molecular complexity index is 1300. The third-order valence-electron chi connectivity index (χ3n) is 4.86. The molecule has 0 fully saturated rings. The number of rotatable bonds is 8. The van der Waals surface area contributed by atoms with Crippen LogP contribution in [0.15, 0.2) is 99.6 Å².